The first-order valence-corrected chi connectivity index (χ1v) is 10.7. The lowest BCUT2D eigenvalue weighted by Gasteiger charge is -2.40. The molecule has 1 aliphatic rings. The van der Waals surface area contributed by atoms with Gasteiger partial charge in [0, 0.05) is 44.5 Å². The smallest absolute Gasteiger partial charge is 0.319 e. The second kappa shape index (κ2) is 9.71. The van der Waals surface area contributed by atoms with Crippen LogP contribution in [0.3, 0.4) is 0 Å². The Morgan fingerprint density at radius 1 is 1.23 bits per heavy atom. The van der Waals surface area contributed by atoms with Crippen LogP contribution in [0.2, 0.25) is 0 Å². The maximum Gasteiger partial charge on any atom is 0.319 e. The molecule has 0 fully saturated rings. The Morgan fingerprint density at radius 3 is 2.29 bits per heavy atom. The average molecular weight is 435 g/mol. The molecule has 4 N–H and O–H groups in total. The number of halogens is 2. The quantitative estimate of drug-likeness (QED) is 0.714. The maximum absolute atomic E-state index is 14.2. The molecule has 0 bridgehead atoms. The normalized spacial score (nSPS) is 20.1. The van der Waals surface area contributed by atoms with Gasteiger partial charge in [-0.3, -0.25) is 0 Å². The maximum atomic E-state index is 14.2. The highest BCUT2D eigenvalue weighted by molar-refractivity contribution is 5.73. The van der Waals surface area contributed by atoms with Gasteiger partial charge in [0.25, 0.3) is 0 Å². The second-order valence-corrected chi connectivity index (χ2v) is 9.59. The monoisotopic (exact) mass is 434 g/mol. The third-order valence-electron chi connectivity index (χ3n) is 6.13. The van der Waals surface area contributed by atoms with Gasteiger partial charge >= 0.3 is 6.03 Å². The number of rotatable bonds is 5. The molecule has 0 saturated carbocycles. The van der Waals surface area contributed by atoms with Crippen molar-refractivity contribution in [2.75, 3.05) is 27.2 Å². The van der Waals surface area contributed by atoms with Gasteiger partial charge < -0.3 is 21.3 Å². The van der Waals surface area contributed by atoms with Crippen molar-refractivity contribution < 1.29 is 13.6 Å². The Hall–Kier alpha value is -2.57. The lowest BCUT2D eigenvalue weighted by molar-refractivity contribution is 0.147. The molecule has 0 aliphatic heterocycles. The minimum atomic E-state index is -0.707. The predicted molar refractivity (Wildman–Crippen MR) is 122 cm³/mol. The highest BCUT2D eigenvalue weighted by Crippen LogP contribution is 2.42. The van der Waals surface area contributed by atoms with Crippen LogP contribution in [0.1, 0.15) is 46.1 Å². The van der Waals surface area contributed by atoms with E-state index in [9.17, 15) is 13.6 Å². The number of hydrogen-bond donors (Lipinski definition) is 2. The number of carbonyl (C=O) groups is 1. The molecule has 2 amide bonds. The number of nitrogens with zero attached hydrogens (tertiary/aromatic N) is 2. The molecule has 172 valence electrons. The summed E-state index contributed by atoms with van der Waals surface area (Å²) in [4.78, 5) is 15.8. The van der Waals surface area contributed by atoms with E-state index >= 15 is 0 Å². The van der Waals surface area contributed by atoms with Crippen LogP contribution in [0.5, 0.6) is 0 Å². The summed E-state index contributed by atoms with van der Waals surface area (Å²) in [6, 6.07) is 3.61. The molecule has 7 heteroatoms. The SMILES string of the molecule is CCN(CC1CC(C(C)(C)C)CC(/C=C(\N)c2c(F)cccc2F)=C1N)C(=O)N(C)C. The van der Waals surface area contributed by atoms with Crippen molar-refractivity contribution >= 4 is 11.7 Å². The van der Waals surface area contributed by atoms with Crippen LogP contribution in [-0.2, 0) is 0 Å². The average Bonchev–Trinajstić information content (AvgIpc) is 2.66. The Labute approximate surface area is 184 Å². The van der Waals surface area contributed by atoms with Gasteiger partial charge in [-0.05, 0) is 54.9 Å². The first-order chi connectivity index (χ1) is 14.4. The number of nitrogens with two attached hydrogens (primary N) is 2. The van der Waals surface area contributed by atoms with E-state index in [-0.39, 0.29) is 34.5 Å². The van der Waals surface area contributed by atoms with Gasteiger partial charge in [0.2, 0.25) is 0 Å². The topological polar surface area (TPSA) is 75.6 Å². The summed E-state index contributed by atoms with van der Waals surface area (Å²) in [7, 11) is 3.45. The molecule has 0 radical (unpaired) electrons. The molecule has 2 unspecified atom stereocenters. The highest BCUT2D eigenvalue weighted by atomic mass is 19.1. The summed E-state index contributed by atoms with van der Waals surface area (Å²) >= 11 is 0. The van der Waals surface area contributed by atoms with Crippen molar-refractivity contribution in [1.29, 1.82) is 0 Å². The Morgan fingerprint density at radius 2 is 1.81 bits per heavy atom. The predicted octanol–water partition coefficient (Wildman–Crippen LogP) is 4.55. The van der Waals surface area contributed by atoms with Gasteiger partial charge in [0.1, 0.15) is 11.6 Å². The van der Waals surface area contributed by atoms with E-state index < -0.39 is 11.6 Å². The van der Waals surface area contributed by atoms with E-state index in [1.807, 2.05) is 6.92 Å². The molecular formula is C24H36F2N4O. The summed E-state index contributed by atoms with van der Waals surface area (Å²) in [6.07, 6.45) is 3.10. The molecule has 31 heavy (non-hydrogen) atoms. The van der Waals surface area contributed by atoms with Crippen molar-refractivity contribution in [2.24, 2.45) is 28.7 Å². The Bertz CT molecular complexity index is 851. The number of urea groups is 1. The van der Waals surface area contributed by atoms with Crippen LogP contribution < -0.4 is 11.5 Å². The van der Waals surface area contributed by atoms with Crippen molar-refractivity contribution in [2.45, 2.75) is 40.5 Å². The number of benzene rings is 1. The van der Waals surface area contributed by atoms with E-state index in [1.54, 1.807) is 30.0 Å². The minimum absolute atomic E-state index is 0.00134. The van der Waals surface area contributed by atoms with Gasteiger partial charge in [-0.2, -0.15) is 0 Å². The molecule has 0 saturated heterocycles. The van der Waals surface area contributed by atoms with Crippen LogP contribution in [0.25, 0.3) is 5.70 Å². The molecule has 2 rings (SSSR count). The fraction of sp³-hybridized carbons (Fsp3) is 0.542. The minimum Gasteiger partial charge on any atom is -0.402 e. The van der Waals surface area contributed by atoms with Crippen LogP contribution in [0, 0.1) is 28.9 Å². The largest absolute Gasteiger partial charge is 0.402 e. The number of allylic oxidation sites excluding steroid dienone is 2. The van der Waals surface area contributed by atoms with Gasteiger partial charge in [0.15, 0.2) is 0 Å². The Balaban J connectivity index is 2.47. The van der Waals surface area contributed by atoms with E-state index in [2.05, 4.69) is 20.8 Å². The molecule has 5 nitrogen and oxygen atoms in total. The van der Waals surface area contributed by atoms with E-state index in [0.29, 0.717) is 25.2 Å². The number of hydrogen-bond acceptors (Lipinski definition) is 3. The van der Waals surface area contributed by atoms with Crippen molar-refractivity contribution in [3.05, 3.63) is 52.7 Å². The molecule has 2 atom stereocenters. The first-order valence-electron chi connectivity index (χ1n) is 10.7. The zero-order valence-electron chi connectivity index (χ0n) is 19.5. The molecular weight excluding hydrogens is 398 g/mol. The zero-order valence-corrected chi connectivity index (χ0v) is 19.5. The van der Waals surface area contributed by atoms with Gasteiger partial charge in [-0.25, -0.2) is 13.6 Å². The van der Waals surface area contributed by atoms with E-state index in [1.165, 1.54) is 18.2 Å². The van der Waals surface area contributed by atoms with Gasteiger partial charge in [0.05, 0.1) is 5.56 Å². The molecule has 1 aliphatic carbocycles. The van der Waals surface area contributed by atoms with E-state index in [0.717, 1.165) is 12.0 Å². The summed E-state index contributed by atoms with van der Waals surface area (Å²) in [5.74, 6) is -1.20. The summed E-state index contributed by atoms with van der Waals surface area (Å²) in [5, 5.41) is 0. The third-order valence-corrected chi connectivity index (χ3v) is 6.13. The third kappa shape index (κ3) is 5.77. The van der Waals surface area contributed by atoms with Crippen molar-refractivity contribution in [1.82, 2.24) is 9.80 Å². The van der Waals surface area contributed by atoms with Crippen molar-refractivity contribution in [3.63, 3.8) is 0 Å². The Kier molecular flexibility index (Phi) is 7.73. The number of amides is 2. The molecule has 1 aromatic carbocycles. The van der Waals surface area contributed by atoms with Crippen LogP contribution in [-0.4, -0.2) is 43.0 Å². The fourth-order valence-corrected chi connectivity index (χ4v) is 4.10. The lowest BCUT2D eigenvalue weighted by Crippen LogP contribution is -2.44. The standard InChI is InChI=1S/C24H36F2N4O/c1-7-30(23(31)29(5)6)14-16-12-17(24(2,3)4)11-15(22(16)28)13-20(27)21-18(25)9-8-10-19(21)26/h8-10,13,16-17H,7,11-12,14,27-28H2,1-6H3/b20-13-. The zero-order chi connectivity index (χ0) is 23.5. The molecule has 0 aromatic heterocycles. The van der Waals surface area contributed by atoms with Crippen LogP contribution in [0.4, 0.5) is 13.6 Å². The summed E-state index contributed by atoms with van der Waals surface area (Å²) in [6.45, 7) is 9.48. The van der Waals surface area contributed by atoms with E-state index in [4.69, 9.17) is 11.5 Å². The van der Waals surface area contributed by atoms with Crippen LogP contribution in [0.15, 0.2) is 35.5 Å². The molecule has 1 aromatic rings. The van der Waals surface area contributed by atoms with Crippen molar-refractivity contribution in [3.8, 4) is 0 Å². The lowest BCUT2D eigenvalue weighted by atomic mass is 9.68. The molecule has 0 heterocycles. The molecule has 0 spiro atoms. The highest BCUT2D eigenvalue weighted by Gasteiger charge is 2.35. The second-order valence-electron chi connectivity index (χ2n) is 9.59. The number of carbonyl (C=O) groups excluding carboxylic acids is 1. The fourth-order valence-electron chi connectivity index (χ4n) is 4.10. The van der Waals surface area contributed by atoms with Gasteiger partial charge in [-0.1, -0.05) is 26.8 Å². The van der Waals surface area contributed by atoms with Gasteiger partial charge in [-0.15, -0.1) is 0 Å². The summed E-state index contributed by atoms with van der Waals surface area (Å²) in [5.41, 5.74) is 13.9. The van der Waals surface area contributed by atoms with Crippen LogP contribution >= 0.6 is 0 Å². The first kappa shape index (κ1) is 24.7. The summed E-state index contributed by atoms with van der Waals surface area (Å²) < 4.78 is 28.4.